The van der Waals surface area contributed by atoms with Gasteiger partial charge in [0.2, 0.25) is 5.91 Å². The smallest absolute Gasteiger partial charge is 0.320 e. The third kappa shape index (κ3) is 5.38. The van der Waals surface area contributed by atoms with E-state index in [0.29, 0.717) is 19.4 Å². The van der Waals surface area contributed by atoms with Gasteiger partial charge < -0.3 is 16.2 Å². The molecule has 1 saturated heterocycles. The molecule has 17 heavy (non-hydrogen) atoms. The number of unbranched alkanes of at least 4 members (excludes halogenated alkanes) is 1. The van der Waals surface area contributed by atoms with Crippen LogP contribution in [0.1, 0.15) is 19.3 Å². The van der Waals surface area contributed by atoms with Gasteiger partial charge in [0, 0.05) is 18.8 Å². The summed E-state index contributed by atoms with van der Waals surface area (Å²) in [7, 11) is 0. The van der Waals surface area contributed by atoms with Gasteiger partial charge in [-0.05, 0) is 19.3 Å². The SMILES string of the molecule is N[C@@H](CCCCNC(=O)[C@H]1NCCS1)C(=O)O. The van der Waals surface area contributed by atoms with Crippen LogP contribution in [0.4, 0.5) is 0 Å². The highest BCUT2D eigenvalue weighted by Crippen LogP contribution is 2.13. The summed E-state index contributed by atoms with van der Waals surface area (Å²) in [6, 6.07) is -0.794. The van der Waals surface area contributed by atoms with Gasteiger partial charge >= 0.3 is 5.97 Å². The van der Waals surface area contributed by atoms with E-state index in [1.54, 1.807) is 11.8 Å². The molecule has 98 valence electrons. The van der Waals surface area contributed by atoms with Crippen molar-refractivity contribution in [2.75, 3.05) is 18.8 Å². The first-order chi connectivity index (χ1) is 8.11. The van der Waals surface area contributed by atoms with E-state index < -0.39 is 12.0 Å². The summed E-state index contributed by atoms with van der Waals surface area (Å²) in [5.74, 6) is 0.00146. The maximum atomic E-state index is 11.5. The molecule has 1 amide bonds. The highest BCUT2D eigenvalue weighted by molar-refractivity contribution is 8.00. The molecule has 1 heterocycles. The molecule has 2 atom stereocenters. The van der Waals surface area contributed by atoms with Crippen LogP contribution in [0.3, 0.4) is 0 Å². The van der Waals surface area contributed by atoms with Crippen molar-refractivity contribution in [2.45, 2.75) is 30.7 Å². The number of carbonyl (C=O) groups excluding carboxylic acids is 1. The molecule has 1 aliphatic heterocycles. The first kappa shape index (κ1) is 14.3. The number of carboxylic acids is 1. The van der Waals surface area contributed by atoms with Gasteiger partial charge in [0.05, 0.1) is 0 Å². The summed E-state index contributed by atoms with van der Waals surface area (Å²) >= 11 is 1.60. The van der Waals surface area contributed by atoms with Gasteiger partial charge in [0.25, 0.3) is 0 Å². The summed E-state index contributed by atoms with van der Waals surface area (Å²) in [6.07, 6.45) is 1.91. The molecule has 0 aromatic heterocycles. The van der Waals surface area contributed by atoms with E-state index in [1.807, 2.05) is 0 Å². The fourth-order valence-corrected chi connectivity index (χ4v) is 2.45. The lowest BCUT2D eigenvalue weighted by Gasteiger charge is -2.10. The van der Waals surface area contributed by atoms with Crippen LogP contribution in [0, 0.1) is 0 Å². The van der Waals surface area contributed by atoms with E-state index in [-0.39, 0.29) is 11.3 Å². The first-order valence-electron chi connectivity index (χ1n) is 5.72. The maximum Gasteiger partial charge on any atom is 0.320 e. The topological polar surface area (TPSA) is 104 Å². The largest absolute Gasteiger partial charge is 0.480 e. The number of rotatable bonds is 7. The number of aliphatic carboxylic acids is 1. The van der Waals surface area contributed by atoms with Crippen molar-refractivity contribution < 1.29 is 14.7 Å². The van der Waals surface area contributed by atoms with Crippen molar-refractivity contribution in [3.05, 3.63) is 0 Å². The summed E-state index contributed by atoms with van der Waals surface area (Å²) in [6.45, 7) is 1.44. The van der Waals surface area contributed by atoms with Gasteiger partial charge in [-0.15, -0.1) is 11.8 Å². The van der Waals surface area contributed by atoms with E-state index >= 15 is 0 Å². The second-order valence-corrected chi connectivity index (χ2v) is 5.15. The third-order valence-corrected chi connectivity index (χ3v) is 3.67. The summed E-state index contributed by atoms with van der Waals surface area (Å²) in [5.41, 5.74) is 5.36. The Bertz CT molecular complexity index is 270. The van der Waals surface area contributed by atoms with E-state index in [0.717, 1.165) is 18.7 Å². The van der Waals surface area contributed by atoms with E-state index in [4.69, 9.17) is 10.8 Å². The van der Waals surface area contributed by atoms with Crippen LogP contribution < -0.4 is 16.4 Å². The Morgan fingerprint density at radius 3 is 2.88 bits per heavy atom. The lowest BCUT2D eigenvalue weighted by Crippen LogP contribution is -2.39. The molecule has 0 spiro atoms. The van der Waals surface area contributed by atoms with E-state index in [2.05, 4.69) is 10.6 Å². The Kier molecular flexibility index (Phi) is 6.31. The fraction of sp³-hybridized carbons (Fsp3) is 0.800. The monoisotopic (exact) mass is 261 g/mol. The van der Waals surface area contributed by atoms with Crippen LogP contribution in [0.25, 0.3) is 0 Å². The zero-order valence-electron chi connectivity index (χ0n) is 9.65. The van der Waals surface area contributed by atoms with Crippen molar-refractivity contribution in [1.29, 1.82) is 0 Å². The van der Waals surface area contributed by atoms with Crippen LogP contribution >= 0.6 is 11.8 Å². The normalized spacial score (nSPS) is 21.1. The Morgan fingerprint density at radius 2 is 2.29 bits per heavy atom. The van der Waals surface area contributed by atoms with Gasteiger partial charge in [-0.2, -0.15) is 0 Å². The third-order valence-electron chi connectivity index (χ3n) is 2.51. The lowest BCUT2D eigenvalue weighted by molar-refractivity contribution is -0.138. The summed E-state index contributed by atoms with van der Waals surface area (Å²) < 4.78 is 0. The van der Waals surface area contributed by atoms with Gasteiger partial charge in [-0.25, -0.2) is 0 Å². The zero-order valence-corrected chi connectivity index (χ0v) is 10.5. The van der Waals surface area contributed by atoms with Crippen molar-refractivity contribution >= 4 is 23.6 Å². The van der Waals surface area contributed by atoms with E-state index in [9.17, 15) is 9.59 Å². The van der Waals surface area contributed by atoms with Crippen LogP contribution in [0.15, 0.2) is 0 Å². The molecule has 1 aliphatic rings. The average Bonchev–Trinajstić information content (AvgIpc) is 2.81. The van der Waals surface area contributed by atoms with Crippen molar-refractivity contribution in [1.82, 2.24) is 10.6 Å². The fourth-order valence-electron chi connectivity index (χ4n) is 1.51. The van der Waals surface area contributed by atoms with Gasteiger partial charge in [-0.1, -0.05) is 0 Å². The number of amides is 1. The molecule has 1 rings (SSSR count). The molecule has 5 N–H and O–H groups in total. The zero-order chi connectivity index (χ0) is 12.7. The predicted octanol–water partition coefficient (Wildman–Crippen LogP) is -0.653. The molecule has 0 unspecified atom stereocenters. The van der Waals surface area contributed by atoms with Crippen LogP contribution in [0.5, 0.6) is 0 Å². The Hall–Kier alpha value is -0.790. The molecule has 0 aliphatic carbocycles. The molecule has 0 saturated carbocycles. The number of hydrogen-bond acceptors (Lipinski definition) is 5. The predicted molar refractivity (Wildman–Crippen MR) is 66.7 cm³/mol. The average molecular weight is 261 g/mol. The molecule has 1 fully saturated rings. The van der Waals surface area contributed by atoms with E-state index in [1.165, 1.54) is 0 Å². The van der Waals surface area contributed by atoms with Crippen molar-refractivity contribution in [2.24, 2.45) is 5.73 Å². The highest BCUT2D eigenvalue weighted by Gasteiger charge is 2.21. The number of carbonyl (C=O) groups is 2. The first-order valence-corrected chi connectivity index (χ1v) is 6.77. The van der Waals surface area contributed by atoms with Gasteiger partial charge in [0.1, 0.15) is 11.4 Å². The molecule has 0 aromatic carbocycles. The molecule has 0 bridgehead atoms. The van der Waals surface area contributed by atoms with Crippen LogP contribution in [-0.4, -0.2) is 47.2 Å². The Balaban J connectivity index is 2.00. The highest BCUT2D eigenvalue weighted by atomic mass is 32.2. The second kappa shape index (κ2) is 7.52. The minimum atomic E-state index is -0.972. The standard InChI is InChI=1S/C10H19N3O3S/c11-7(10(15)16)3-1-2-4-12-8(14)9-13-5-6-17-9/h7,9,13H,1-6,11H2,(H,12,14)(H,15,16)/t7-,9-/m0/s1. The molecule has 6 nitrogen and oxygen atoms in total. The molecular weight excluding hydrogens is 242 g/mol. The Labute approximate surface area is 105 Å². The molecular formula is C10H19N3O3S. The molecule has 7 heteroatoms. The summed E-state index contributed by atoms with van der Waals surface area (Å²) in [5, 5.41) is 14.3. The minimum absolute atomic E-state index is 0.00929. The lowest BCUT2D eigenvalue weighted by atomic mass is 10.1. The number of carboxylic acid groups (broad SMARTS) is 1. The summed E-state index contributed by atoms with van der Waals surface area (Å²) in [4.78, 5) is 22.0. The number of nitrogens with one attached hydrogen (secondary N) is 2. The van der Waals surface area contributed by atoms with Crippen LogP contribution in [-0.2, 0) is 9.59 Å². The number of thioether (sulfide) groups is 1. The van der Waals surface area contributed by atoms with Crippen molar-refractivity contribution in [3.8, 4) is 0 Å². The van der Waals surface area contributed by atoms with Gasteiger partial charge in [0.15, 0.2) is 0 Å². The second-order valence-electron chi connectivity index (χ2n) is 3.94. The number of hydrogen-bond donors (Lipinski definition) is 4. The number of nitrogens with two attached hydrogens (primary N) is 1. The quantitative estimate of drug-likeness (QED) is 0.454. The molecule has 0 aromatic rings. The molecule has 0 radical (unpaired) electrons. The maximum absolute atomic E-state index is 11.5. The van der Waals surface area contributed by atoms with Crippen molar-refractivity contribution in [3.63, 3.8) is 0 Å². The Morgan fingerprint density at radius 1 is 1.53 bits per heavy atom. The van der Waals surface area contributed by atoms with Crippen LogP contribution in [0.2, 0.25) is 0 Å². The minimum Gasteiger partial charge on any atom is -0.480 e. The van der Waals surface area contributed by atoms with Gasteiger partial charge in [-0.3, -0.25) is 14.9 Å².